The molecular weight excluding hydrogens is 168 g/mol. The maximum absolute atomic E-state index is 9.76. The van der Waals surface area contributed by atoms with Gasteiger partial charge < -0.3 is 5.11 Å². The maximum atomic E-state index is 9.76. The van der Waals surface area contributed by atoms with Gasteiger partial charge in [0.1, 0.15) is 0 Å². The highest BCUT2D eigenvalue weighted by atomic mass is 32.1. The van der Waals surface area contributed by atoms with Crippen molar-refractivity contribution in [2.24, 2.45) is 5.41 Å². The summed E-state index contributed by atoms with van der Waals surface area (Å²) >= 11 is 1.62. The first-order valence-electron chi connectivity index (χ1n) is 4.20. The fourth-order valence-corrected chi connectivity index (χ4v) is 1.87. The smallest absolute Gasteiger partial charge is 0.0886 e. The second-order valence-electron chi connectivity index (χ2n) is 4.30. The Hall–Kier alpha value is -0.340. The molecule has 1 aromatic rings. The van der Waals surface area contributed by atoms with Gasteiger partial charge in [-0.05, 0) is 23.3 Å². The molecule has 0 aliphatic heterocycles. The van der Waals surface area contributed by atoms with E-state index in [9.17, 15) is 5.11 Å². The summed E-state index contributed by atoms with van der Waals surface area (Å²) in [4.78, 5) is 1.07. The van der Waals surface area contributed by atoms with E-state index in [2.05, 4.69) is 20.8 Å². The minimum atomic E-state index is -0.287. The Kier molecular flexibility index (Phi) is 2.91. The SMILES string of the molecule is CC(C)(C)CC(O)c1cccs1. The van der Waals surface area contributed by atoms with Gasteiger partial charge in [0.25, 0.3) is 0 Å². The standard InChI is InChI=1S/C10H16OS/c1-10(2,3)7-8(11)9-5-4-6-12-9/h4-6,8,11H,7H2,1-3H3. The number of thiophene rings is 1. The van der Waals surface area contributed by atoms with E-state index < -0.39 is 0 Å². The fraction of sp³-hybridized carbons (Fsp3) is 0.600. The highest BCUT2D eigenvalue weighted by Gasteiger charge is 2.18. The molecule has 0 aromatic carbocycles. The molecule has 2 heteroatoms. The van der Waals surface area contributed by atoms with E-state index in [1.165, 1.54) is 0 Å². The second kappa shape index (κ2) is 3.58. The molecule has 0 saturated heterocycles. The number of rotatable bonds is 2. The minimum absolute atomic E-state index is 0.198. The lowest BCUT2D eigenvalue weighted by atomic mass is 9.89. The molecule has 0 spiro atoms. The van der Waals surface area contributed by atoms with Crippen LogP contribution in [0.2, 0.25) is 0 Å². The van der Waals surface area contributed by atoms with Crippen LogP contribution < -0.4 is 0 Å². The molecule has 0 bridgehead atoms. The third kappa shape index (κ3) is 2.95. The van der Waals surface area contributed by atoms with Crippen molar-refractivity contribution in [2.75, 3.05) is 0 Å². The average Bonchev–Trinajstić information content (AvgIpc) is 2.32. The Morgan fingerprint density at radius 2 is 2.17 bits per heavy atom. The summed E-state index contributed by atoms with van der Waals surface area (Å²) < 4.78 is 0. The summed E-state index contributed by atoms with van der Waals surface area (Å²) in [5.74, 6) is 0. The van der Waals surface area contributed by atoms with Crippen LogP contribution in [0.4, 0.5) is 0 Å². The van der Waals surface area contributed by atoms with E-state index >= 15 is 0 Å². The van der Waals surface area contributed by atoms with Crippen LogP contribution in [0.15, 0.2) is 17.5 Å². The monoisotopic (exact) mass is 184 g/mol. The fourth-order valence-electron chi connectivity index (χ4n) is 1.16. The quantitative estimate of drug-likeness (QED) is 0.748. The van der Waals surface area contributed by atoms with Crippen LogP contribution in [-0.4, -0.2) is 5.11 Å². The average molecular weight is 184 g/mol. The Morgan fingerprint density at radius 1 is 1.50 bits per heavy atom. The molecule has 1 heterocycles. The van der Waals surface area contributed by atoms with Crippen molar-refractivity contribution in [3.8, 4) is 0 Å². The van der Waals surface area contributed by atoms with E-state index in [1.807, 2.05) is 17.5 Å². The van der Waals surface area contributed by atoms with Crippen molar-refractivity contribution in [2.45, 2.75) is 33.3 Å². The molecule has 0 radical (unpaired) electrons. The van der Waals surface area contributed by atoms with E-state index in [1.54, 1.807) is 11.3 Å². The summed E-state index contributed by atoms with van der Waals surface area (Å²) in [6.45, 7) is 6.43. The van der Waals surface area contributed by atoms with Crippen molar-refractivity contribution in [3.63, 3.8) is 0 Å². The van der Waals surface area contributed by atoms with Crippen molar-refractivity contribution in [1.29, 1.82) is 0 Å². The van der Waals surface area contributed by atoms with Gasteiger partial charge in [-0.15, -0.1) is 11.3 Å². The van der Waals surface area contributed by atoms with E-state index in [-0.39, 0.29) is 11.5 Å². The predicted molar refractivity (Wildman–Crippen MR) is 53.4 cm³/mol. The molecular formula is C10H16OS. The van der Waals surface area contributed by atoms with Gasteiger partial charge in [-0.25, -0.2) is 0 Å². The molecule has 0 aliphatic carbocycles. The van der Waals surface area contributed by atoms with Gasteiger partial charge in [-0.2, -0.15) is 0 Å². The van der Waals surface area contributed by atoms with E-state index in [4.69, 9.17) is 0 Å². The predicted octanol–water partition coefficient (Wildman–Crippen LogP) is 3.22. The van der Waals surface area contributed by atoms with Gasteiger partial charge in [0.15, 0.2) is 0 Å². The maximum Gasteiger partial charge on any atom is 0.0886 e. The van der Waals surface area contributed by atoms with Crippen LogP contribution in [0, 0.1) is 5.41 Å². The lowest BCUT2D eigenvalue weighted by molar-refractivity contribution is 0.125. The highest BCUT2D eigenvalue weighted by molar-refractivity contribution is 7.10. The molecule has 1 N–H and O–H groups in total. The molecule has 1 nitrogen and oxygen atoms in total. The van der Waals surface area contributed by atoms with Crippen LogP contribution in [0.5, 0.6) is 0 Å². The van der Waals surface area contributed by atoms with E-state index in [0.717, 1.165) is 11.3 Å². The summed E-state index contributed by atoms with van der Waals surface area (Å²) in [5, 5.41) is 11.8. The van der Waals surface area contributed by atoms with E-state index in [0.29, 0.717) is 0 Å². The van der Waals surface area contributed by atoms with Crippen LogP contribution >= 0.6 is 11.3 Å². The number of aliphatic hydroxyl groups is 1. The molecule has 68 valence electrons. The normalized spacial score (nSPS) is 14.7. The molecule has 0 fully saturated rings. The van der Waals surface area contributed by atoms with Gasteiger partial charge in [0.05, 0.1) is 6.10 Å². The molecule has 0 amide bonds. The topological polar surface area (TPSA) is 20.2 Å². The molecule has 12 heavy (non-hydrogen) atoms. The zero-order valence-corrected chi connectivity index (χ0v) is 8.69. The third-order valence-electron chi connectivity index (χ3n) is 1.68. The van der Waals surface area contributed by atoms with Gasteiger partial charge in [0, 0.05) is 4.88 Å². The first kappa shape index (κ1) is 9.75. The third-order valence-corrected chi connectivity index (χ3v) is 2.65. The Labute approximate surface area is 78.1 Å². The molecule has 1 unspecified atom stereocenters. The van der Waals surface area contributed by atoms with Crippen molar-refractivity contribution in [1.82, 2.24) is 0 Å². The van der Waals surface area contributed by atoms with Crippen LogP contribution in [-0.2, 0) is 0 Å². The zero-order chi connectivity index (χ0) is 9.19. The zero-order valence-electron chi connectivity index (χ0n) is 7.87. The molecule has 1 atom stereocenters. The molecule has 1 rings (SSSR count). The van der Waals surface area contributed by atoms with Crippen LogP contribution in [0.25, 0.3) is 0 Å². The van der Waals surface area contributed by atoms with Gasteiger partial charge >= 0.3 is 0 Å². The van der Waals surface area contributed by atoms with Crippen LogP contribution in [0.3, 0.4) is 0 Å². The Bertz CT molecular complexity index is 220. The highest BCUT2D eigenvalue weighted by Crippen LogP contribution is 2.31. The lowest BCUT2D eigenvalue weighted by Crippen LogP contribution is -2.10. The first-order chi connectivity index (χ1) is 5.49. The van der Waals surface area contributed by atoms with Crippen molar-refractivity contribution in [3.05, 3.63) is 22.4 Å². The molecule has 0 aliphatic rings. The first-order valence-corrected chi connectivity index (χ1v) is 5.08. The van der Waals surface area contributed by atoms with Gasteiger partial charge in [-0.1, -0.05) is 26.8 Å². The summed E-state index contributed by atoms with van der Waals surface area (Å²) in [7, 11) is 0. The number of aliphatic hydroxyl groups excluding tert-OH is 1. The van der Waals surface area contributed by atoms with Crippen LogP contribution in [0.1, 0.15) is 38.2 Å². The molecule has 0 saturated carbocycles. The van der Waals surface area contributed by atoms with Crippen molar-refractivity contribution >= 4 is 11.3 Å². The van der Waals surface area contributed by atoms with Crippen molar-refractivity contribution < 1.29 is 5.11 Å². The molecule has 1 aromatic heterocycles. The summed E-state index contributed by atoms with van der Waals surface area (Å²) in [6, 6.07) is 3.97. The summed E-state index contributed by atoms with van der Waals surface area (Å²) in [5.41, 5.74) is 0.198. The Balaban J connectivity index is 2.56. The second-order valence-corrected chi connectivity index (χ2v) is 5.28. The van der Waals surface area contributed by atoms with Gasteiger partial charge in [-0.3, -0.25) is 0 Å². The largest absolute Gasteiger partial charge is 0.388 e. The lowest BCUT2D eigenvalue weighted by Gasteiger charge is -2.21. The minimum Gasteiger partial charge on any atom is -0.388 e. The number of hydrogen-bond acceptors (Lipinski definition) is 2. The Morgan fingerprint density at radius 3 is 2.58 bits per heavy atom. The van der Waals surface area contributed by atoms with Gasteiger partial charge in [0.2, 0.25) is 0 Å². The number of hydrogen-bond donors (Lipinski definition) is 1. The summed E-state index contributed by atoms with van der Waals surface area (Å²) in [6.07, 6.45) is 0.540.